The van der Waals surface area contributed by atoms with Crippen molar-refractivity contribution in [3.63, 3.8) is 0 Å². The first-order valence-corrected chi connectivity index (χ1v) is 5.98. The molecule has 0 saturated heterocycles. The Labute approximate surface area is 111 Å². The van der Waals surface area contributed by atoms with Crippen LogP contribution in [0.2, 0.25) is 0 Å². The van der Waals surface area contributed by atoms with E-state index < -0.39 is 4.92 Å². The Kier molecular flexibility index (Phi) is 4.99. The largest absolute Gasteiger partial charge is 0.394 e. The number of aliphatic hydroxyl groups excluding tert-OH is 1. The van der Waals surface area contributed by atoms with E-state index in [1.54, 1.807) is 14.0 Å². The second-order valence-electron chi connectivity index (χ2n) is 4.51. The minimum Gasteiger partial charge on any atom is -0.394 e. The van der Waals surface area contributed by atoms with Crippen molar-refractivity contribution in [1.82, 2.24) is 9.97 Å². The summed E-state index contributed by atoms with van der Waals surface area (Å²) in [6.45, 7) is 5.24. The second-order valence-corrected chi connectivity index (χ2v) is 4.51. The number of nitro groups is 1. The summed E-state index contributed by atoms with van der Waals surface area (Å²) < 4.78 is 0. The van der Waals surface area contributed by atoms with Gasteiger partial charge >= 0.3 is 5.69 Å². The third kappa shape index (κ3) is 3.50. The molecule has 0 radical (unpaired) electrons. The zero-order valence-electron chi connectivity index (χ0n) is 11.5. The van der Waals surface area contributed by atoms with Gasteiger partial charge in [0.25, 0.3) is 0 Å². The molecule has 1 atom stereocenters. The van der Waals surface area contributed by atoms with Crippen LogP contribution in [-0.4, -0.2) is 39.7 Å². The highest BCUT2D eigenvalue weighted by molar-refractivity contribution is 5.61. The van der Waals surface area contributed by atoms with E-state index in [-0.39, 0.29) is 35.8 Å². The van der Waals surface area contributed by atoms with Crippen molar-refractivity contribution in [3.05, 3.63) is 15.8 Å². The molecule has 106 valence electrons. The lowest BCUT2D eigenvalue weighted by Crippen LogP contribution is -2.30. The van der Waals surface area contributed by atoms with Crippen LogP contribution in [0.3, 0.4) is 0 Å². The summed E-state index contributed by atoms with van der Waals surface area (Å²) >= 11 is 0. The summed E-state index contributed by atoms with van der Waals surface area (Å²) in [6, 6.07) is -0.308. The van der Waals surface area contributed by atoms with Crippen LogP contribution >= 0.6 is 0 Å². The van der Waals surface area contributed by atoms with E-state index in [1.807, 2.05) is 13.8 Å². The molecule has 0 saturated carbocycles. The van der Waals surface area contributed by atoms with Gasteiger partial charge in [0.1, 0.15) is 5.69 Å². The monoisotopic (exact) mass is 269 g/mol. The second kappa shape index (κ2) is 6.28. The van der Waals surface area contributed by atoms with Crippen LogP contribution in [0.5, 0.6) is 0 Å². The normalized spacial score (nSPS) is 12.3. The number of rotatable bonds is 6. The summed E-state index contributed by atoms with van der Waals surface area (Å²) in [5.41, 5.74) is 0.102. The molecule has 1 aromatic rings. The van der Waals surface area contributed by atoms with Gasteiger partial charge in [-0.1, -0.05) is 13.8 Å². The van der Waals surface area contributed by atoms with Crippen molar-refractivity contribution in [1.29, 1.82) is 0 Å². The van der Waals surface area contributed by atoms with Crippen LogP contribution in [0.4, 0.5) is 17.5 Å². The van der Waals surface area contributed by atoms with Crippen LogP contribution in [0.25, 0.3) is 0 Å². The molecule has 0 spiro atoms. The first-order valence-electron chi connectivity index (χ1n) is 5.98. The lowest BCUT2D eigenvalue weighted by molar-refractivity contribution is -0.385. The Bertz CT molecular complexity index is 464. The van der Waals surface area contributed by atoms with Crippen molar-refractivity contribution < 1.29 is 10.0 Å². The molecule has 8 nitrogen and oxygen atoms in total. The van der Waals surface area contributed by atoms with Crippen LogP contribution in [0.1, 0.15) is 19.5 Å². The Morgan fingerprint density at radius 2 is 2.05 bits per heavy atom. The highest BCUT2D eigenvalue weighted by Crippen LogP contribution is 2.27. The summed E-state index contributed by atoms with van der Waals surface area (Å²) in [5.74, 6) is 0.526. The molecule has 0 aliphatic rings. The van der Waals surface area contributed by atoms with Crippen molar-refractivity contribution in [3.8, 4) is 0 Å². The molecule has 0 aromatic carbocycles. The lowest BCUT2D eigenvalue weighted by atomic mass is 10.1. The molecule has 3 N–H and O–H groups in total. The Balaban J connectivity index is 3.22. The highest BCUT2D eigenvalue weighted by Gasteiger charge is 2.24. The molecule has 0 aliphatic carbocycles. The average molecular weight is 269 g/mol. The molecule has 0 amide bonds. The predicted octanol–water partition coefficient (Wildman–Crippen LogP) is 1.16. The minimum atomic E-state index is -0.522. The maximum atomic E-state index is 11.1. The van der Waals surface area contributed by atoms with Crippen LogP contribution < -0.4 is 10.6 Å². The van der Waals surface area contributed by atoms with Gasteiger partial charge in [-0.3, -0.25) is 10.1 Å². The van der Waals surface area contributed by atoms with Gasteiger partial charge in [0.15, 0.2) is 0 Å². The predicted molar refractivity (Wildman–Crippen MR) is 72.3 cm³/mol. The molecule has 8 heteroatoms. The standard InChI is InChI=1S/C11H19N5O3/c1-6(2)8(5-17)14-10-9(16(18)19)7(3)13-11(12-4)15-10/h6,8,17H,5H2,1-4H3,(H2,12,13,14,15). The molecule has 1 heterocycles. The van der Waals surface area contributed by atoms with E-state index in [2.05, 4.69) is 20.6 Å². The van der Waals surface area contributed by atoms with Crippen LogP contribution in [0.15, 0.2) is 0 Å². The molecule has 0 fully saturated rings. The number of hydrogen-bond acceptors (Lipinski definition) is 7. The Morgan fingerprint density at radius 1 is 1.42 bits per heavy atom. The first-order chi connectivity index (χ1) is 8.90. The minimum absolute atomic E-state index is 0.109. The fourth-order valence-corrected chi connectivity index (χ4v) is 1.60. The molecule has 0 aliphatic heterocycles. The maximum absolute atomic E-state index is 11.1. The smallest absolute Gasteiger partial charge is 0.332 e. The van der Waals surface area contributed by atoms with E-state index in [0.717, 1.165) is 0 Å². The zero-order chi connectivity index (χ0) is 14.6. The summed E-state index contributed by atoms with van der Waals surface area (Å²) in [4.78, 5) is 18.6. The van der Waals surface area contributed by atoms with E-state index in [9.17, 15) is 15.2 Å². The first kappa shape index (κ1) is 15.1. The molecule has 19 heavy (non-hydrogen) atoms. The Hall–Kier alpha value is -1.96. The summed E-state index contributed by atoms with van der Waals surface area (Å²) in [5, 5.41) is 26.0. The molecule has 0 bridgehead atoms. The van der Waals surface area contributed by atoms with E-state index in [1.165, 1.54) is 0 Å². The van der Waals surface area contributed by atoms with E-state index in [0.29, 0.717) is 5.95 Å². The topological polar surface area (TPSA) is 113 Å². The number of aliphatic hydroxyl groups is 1. The van der Waals surface area contributed by atoms with Gasteiger partial charge < -0.3 is 15.7 Å². The van der Waals surface area contributed by atoms with Gasteiger partial charge in [-0.15, -0.1) is 0 Å². The SMILES string of the molecule is CNc1nc(C)c([N+](=O)[O-])c(NC(CO)C(C)C)n1. The Morgan fingerprint density at radius 3 is 2.47 bits per heavy atom. The van der Waals surface area contributed by atoms with Gasteiger partial charge in [-0.2, -0.15) is 4.98 Å². The van der Waals surface area contributed by atoms with Gasteiger partial charge in [0.05, 0.1) is 17.6 Å². The third-order valence-electron chi connectivity index (χ3n) is 2.79. The summed E-state index contributed by atoms with van der Waals surface area (Å²) in [7, 11) is 1.64. The molecular formula is C11H19N5O3. The van der Waals surface area contributed by atoms with Crippen molar-refractivity contribution in [2.45, 2.75) is 26.8 Å². The lowest BCUT2D eigenvalue weighted by Gasteiger charge is -2.20. The van der Waals surface area contributed by atoms with E-state index in [4.69, 9.17) is 0 Å². The fourth-order valence-electron chi connectivity index (χ4n) is 1.60. The van der Waals surface area contributed by atoms with Gasteiger partial charge in [-0.25, -0.2) is 4.98 Å². The maximum Gasteiger partial charge on any atom is 0.332 e. The fraction of sp³-hybridized carbons (Fsp3) is 0.636. The number of anilines is 2. The number of nitrogens with one attached hydrogen (secondary N) is 2. The zero-order valence-corrected chi connectivity index (χ0v) is 11.5. The van der Waals surface area contributed by atoms with Crippen molar-refractivity contribution in [2.24, 2.45) is 5.92 Å². The van der Waals surface area contributed by atoms with Crippen molar-refractivity contribution >= 4 is 17.5 Å². The molecular weight excluding hydrogens is 250 g/mol. The molecule has 1 rings (SSSR count). The quantitative estimate of drug-likeness (QED) is 0.524. The third-order valence-corrected chi connectivity index (χ3v) is 2.79. The van der Waals surface area contributed by atoms with Crippen LogP contribution in [-0.2, 0) is 0 Å². The van der Waals surface area contributed by atoms with Gasteiger partial charge in [-0.05, 0) is 12.8 Å². The van der Waals surface area contributed by atoms with Gasteiger partial charge in [0, 0.05) is 7.05 Å². The van der Waals surface area contributed by atoms with Crippen molar-refractivity contribution in [2.75, 3.05) is 24.3 Å². The number of aromatic nitrogens is 2. The molecule has 1 unspecified atom stereocenters. The number of nitrogens with zero attached hydrogens (tertiary/aromatic N) is 3. The summed E-state index contributed by atoms with van der Waals surface area (Å²) in [6.07, 6.45) is 0. The number of hydrogen-bond donors (Lipinski definition) is 3. The van der Waals surface area contributed by atoms with Gasteiger partial charge in [0.2, 0.25) is 11.8 Å². The highest BCUT2D eigenvalue weighted by atomic mass is 16.6. The van der Waals surface area contributed by atoms with Crippen LogP contribution in [0, 0.1) is 23.0 Å². The van der Waals surface area contributed by atoms with E-state index >= 15 is 0 Å². The number of aryl methyl sites for hydroxylation is 1. The average Bonchev–Trinajstić information content (AvgIpc) is 2.34. The molecule has 1 aromatic heterocycles.